The molecule has 1 rings (SSSR count). The minimum absolute atomic E-state index is 0.0480. The Morgan fingerprint density at radius 2 is 0.788 bits per heavy atom. The molecule has 0 atom stereocenters. The van der Waals surface area contributed by atoms with E-state index in [1.54, 1.807) is 0 Å². The highest BCUT2D eigenvalue weighted by Crippen LogP contribution is 2.21. The quantitative estimate of drug-likeness (QED) is 0.0468. The molecule has 0 aliphatic carbocycles. The first kappa shape index (κ1) is 48.9. The minimum Gasteiger partial charge on any atom is -0.462 e. The predicted molar refractivity (Wildman–Crippen MR) is 223 cm³/mol. The van der Waals surface area contributed by atoms with Crippen molar-refractivity contribution in [3.05, 3.63) is 0 Å². The van der Waals surface area contributed by atoms with Crippen LogP contribution in [0.3, 0.4) is 0 Å². The number of unbranched alkanes of at least 4 members (excludes halogenated alkanes) is 20. The Morgan fingerprint density at radius 1 is 0.500 bits per heavy atom. The van der Waals surface area contributed by atoms with Crippen LogP contribution in [0.15, 0.2) is 0 Å². The second-order valence-electron chi connectivity index (χ2n) is 16.5. The van der Waals surface area contributed by atoms with E-state index in [-0.39, 0.29) is 24.1 Å². The Kier molecular flexibility index (Phi) is 33.4. The van der Waals surface area contributed by atoms with Gasteiger partial charge in [-0.3, -0.25) is 14.5 Å². The van der Waals surface area contributed by atoms with Crippen LogP contribution in [-0.4, -0.2) is 73.2 Å². The molecule has 1 fully saturated rings. The molecule has 52 heavy (non-hydrogen) atoms. The van der Waals surface area contributed by atoms with Crippen molar-refractivity contribution in [3.63, 3.8) is 0 Å². The van der Waals surface area contributed by atoms with Gasteiger partial charge in [-0.2, -0.15) is 0 Å². The summed E-state index contributed by atoms with van der Waals surface area (Å²) in [5.41, 5.74) is 0. The summed E-state index contributed by atoms with van der Waals surface area (Å²) in [6.45, 7) is 12.5. The second-order valence-corrected chi connectivity index (χ2v) is 16.5. The van der Waals surface area contributed by atoms with E-state index in [2.05, 4.69) is 44.5 Å². The third-order valence-corrected chi connectivity index (χ3v) is 11.5. The molecule has 0 aromatic heterocycles. The monoisotopic (exact) mass is 735 g/mol. The third-order valence-electron chi connectivity index (χ3n) is 11.5. The number of carbonyl (C=O) groups excluding carboxylic acids is 2. The molecule has 1 aliphatic heterocycles. The molecule has 6 heteroatoms. The van der Waals surface area contributed by atoms with E-state index in [1.165, 1.54) is 128 Å². The van der Waals surface area contributed by atoms with E-state index in [1.807, 2.05) is 0 Å². The summed E-state index contributed by atoms with van der Waals surface area (Å²) in [5.74, 6) is -0.110. The highest BCUT2D eigenvalue weighted by atomic mass is 16.5. The summed E-state index contributed by atoms with van der Waals surface area (Å²) in [7, 11) is 2.19. The SMILES string of the molecule is CCCCCCCCC(CCCCCCCC)OC(=O)CCN(CCC(=O)OC(CCCCCCCC)CCCCCCCC)C1CCN(C)CC1. The van der Waals surface area contributed by atoms with Gasteiger partial charge in [0.2, 0.25) is 0 Å². The fraction of sp³-hybridized carbons (Fsp3) is 0.957. The van der Waals surface area contributed by atoms with Gasteiger partial charge in [-0.1, -0.05) is 156 Å². The van der Waals surface area contributed by atoms with E-state index in [9.17, 15) is 9.59 Å². The zero-order chi connectivity index (χ0) is 37.9. The van der Waals surface area contributed by atoms with Crippen molar-refractivity contribution < 1.29 is 19.1 Å². The number of hydrogen-bond donors (Lipinski definition) is 0. The summed E-state index contributed by atoms with van der Waals surface area (Å²) in [6.07, 6.45) is 37.4. The molecule has 0 aromatic carbocycles. The van der Waals surface area contributed by atoms with Crippen LogP contribution in [0.25, 0.3) is 0 Å². The molecule has 0 amide bonds. The summed E-state index contributed by atoms with van der Waals surface area (Å²) in [5, 5.41) is 0. The lowest BCUT2D eigenvalue weighted by Gasteiger charge is -2.37. The number of likely N-dealkylation sites (tertiary alicyclic amines) is 1. The molecule has 308 valence electrons. The van der Waals surface area contributed by atoms with Gasteiger partial charge in [0.15, 0.2) is 0 Å². The molecule has 0 aromatic rings. The van der Waals surface area contributed by atoms with Gasteiger partial charge >= 0.3 is 11.9 Å². The number of ether oxygens (including phenoxy) is 2. The third kappa shape index (κ3) is 28.3. The van der Waals surface area contributed by atoms with Crippen molar-refractivity contribution in [2.45, 2.75) is 251 Å². The topological polar surface area (TPSA) is 59.1 Å². The van der Waals surface area contributed by atoms with Crippen LogP contribution in [0, 0.1) is 0 Å². The van der Waals surface area contributed by atoms with E-state index < -0.39 is 0 Å². The van der Waals surface area contributed by atoms with E-state index in [0.29, 0.717) is 32.0 Å². The van der Waals surface area contributed by atoms with Crippen molar-refractivity contribution in [1.82, 2.24) is 9.80 Å². The molecule has 1 aliphatic rings. The Balaban J connectivity index is 2.72. The molecular weight excluding hydrogens is 645 g/mol. The zero-order valence-electron chi connectivity index (χ0n) is 35.7. The molecule has 0 spiro atoms. The van der Waals surface area contributed by atoms with Crippen LogP contribution >= 0.6 is 0 Å². The Labute approximate surface area is 324 Å². The van der Waals surface area contributed by atoms with Crippen LogP contribution in [0.5, 0.6) is 0 Å². The first-order valence-electron chi connectivity index (χ1n) is 23.2. The number of piperidine rings is 1. The maximum Gasteiger partial charge on any atom is 0.307 e. The van der Waals surface area contributed by atoms with Crippen LogP contribution < -0.4 is 0 Å². The van der Waals surface area contributed by atoms with Crippen LogP contribution in [0.2, 0.25) is 0 Å². The average molecular weight is 735 g/mol. The van der Waals surface area contributed by atoms with Gasteiger partial charge in [0.25, 0.3) is 0 Å². The van der Waals surface area contributed by atoms with Gasteiger partial charge in [-0.15, -0.1) is 0 Å². The summed E-state index contributed by atoms with van der Waals surface area (Å²) in [6, 6.07) is 0.404. The fourth-order valence-electron chi connectivity index (χ4n) is 7.93. The molecule has 6 nitrogen and oxygen atoms in total. The van der Waals surface area contributed by atoms with Crippen molar-refractivity contribution in [2.75, 3.05) is 33.2 Å². The van der Waals surface area contributed by atoms with Crippen LogP contribution in [0.4, 0.5) is 0 Å². The lowest BCUT2D eigenvalue weighted by molar-refractivity contribution is -0.150. The molecule has 1 heterocycles. The van der Waals surface area contributed by atoms with E-state index in [4.69, 9.17) is 9.47 Å². The van der Waals surface area contributed by atoms with Crippen molar-refractivity contribution in [3.8, 4) is 0 Å². The fourth-order valence-corrected chi connectivity index (χ4v) is 7.93. The van der Waals surface area contributed by atoms with Gasteiger partial charge in [0.05, 0.1) is 12.8 Å². The van der Waals surface area contributed by atoms with Crippen molar-refractivity contribution in [1.29, 1.82) is 0 Å². The smallest absolute Gasteiger partial charge is 0.307 e. The number of esters is 2. The van der Waals surface area contributed by atoms with Gasteiger partial charge < -0.3 is 14.4 Å². The molecule has 0 unspecified atom stereocenters. The first-order valence-corrected chi connectivity index (χ1v) is 23.2. The normalized spacial score (nSPS) is 14.2. The lowest BCUT2D eigenvalue weighted by atomic mass is 10.0. The van der Waals surface area contributed by atoms with Crippen LogP contribution in [-0.2, 0) is 19.1 Å². The van der Waals surface area contributed by atoms with Crippen LogP contribution in [0.1, 0.15) is 233 Å². The molecule has 1 saturated heterocycles. The highest BCUT2D eigenvalue weighted by molar-refractivity contribution is 5.70. The zero-order valence-corrected chi connectivity index (χ0v) is 35.7. The highest BCUT2D eigenvalue weighted by Gasteiger charge is 2.26. The van der Waals surface area contributed by atoms with Gasteiger partial charge in [-0.25, -0.2) is 0 Å². The largest absolute Gasteiger partial charge is 0.462 e. The van der Waals surface area contributed by atoms with Gasteiger partial charge in [0.1, 0.15) is 12.2 Å². The second kappa shape index (κ2) is 35.6. The first-order chi connectivity index (χ1) is 25.4. The number of carbonyl (C=O) groups is 2. The summed E-state index contributed by atoms with van der Waals surface area (Å²) >= 11 is 0. The average Bonchev–Trinajstić information content (AvgIpc) is 3.14. The predicted octanol–water partition coefficient (Wildman–Crippen LogP) is 13.0. The van der Waals surface area contributed by atoms with E-state index in [0.717, 1.165) is 77.3 Å². The lowest BCUT2D eigenvalue weighted by Crippen LogP contribution is -2.45. The minimum atomic E-state index is -0.0552. The number of nitrogens with zero attached hydrogens (tertiary/aromatic N) is 2. The van der Waals surface area contributed by atoms with Crippen molar-refractivity contribution in [2.24, 2.45) is 0 Å². The van der Waals surface area contributed by atoms with Crippen molar-refractivity contribution >= 4 is 11.9 Å². The van der Waals surface area contributed by atoms with Gasteiger partial charge in [-0.05, 0) is 84.3 Å². The summed E-state index contributed by atoms with van der Waals surface area (Å²) < 4.78 is 12.4. The molecule has 0 bridgehead atoms. The standard InChI is InChI=1S/C46H90N2O4/c1-6-10-14-18-22-26-30-43(31-27-23-19-15-11-7-2)51-45(49)36-40-48(42-34-38-47(5)39-35-42)41-37-46(50)52-44(32-28-24-20-16-12-8-3)33-29-25-21-17-13-9-4/h42-44H,6-41H2,1-5H3. The Hall–Kier alpha value is -1.14. The summed E-state index contributed by atoms with van der Waals surface area (Å²) in [4.78, 5) is 31.5. The molecule has 0 radical (unpaired) electrons. The number of hydrogen-bond acceptors (Lipinski definition) is 6. The molecule has 0 N–H and O–H groups in total. The molecular formula is C46H90N2O4. The Bertz CT molecular complexity index is 713. The van der Waals surface area contributed by atoms with Gasteiger partial charge in [0, 0.05) is 19.1 Å². The Morgan fingerprint density at radius 3 is 1.10 bits per heavy atom. The van der Waals surface area contributed by atoms with E-state index >= 15 is 0 Å². The number of rotatable bonds is 37. The molecule has 0 saturated carbocycles. The maximum atomic E-state index is 13.3. The maximum absolute atomic E-state index is 13.3.